The fourth-order valence-electron chi connectivity index (χ4n) is 0.721. The molecule has 0 aromatic heterocycles. The summed E-state index contributed by atoms with van der Waals surface area (Å²) >= 11 is 0. The molecule has 0 aliphatic heterocycles. The number of rotatable bonds is 1. The smallest absolute Gasteiger partial charge is 0.186 e. The van der Waals surface area contributed by atoms with E-state index in [-0.39, 0.29) is 6.42 Å². The molecule has 0 aromatic rings. The summed E-state index contributed by atoms with van der Waals surface area (Å²) in [6.07, 6.45) is 4.81. The SMILES string of the molecule is O=CC1=CCC(O)(O)C=C1. The molecule has 0 atom stereocenters. The van der Waals surface area contributed by atoms with Crippen LogP contribution in [0.3, 0.4) is 0 Å². The third-order valence-corrected chi connectivity index (χ3v) is 1.32. The minimum atomic E-state index is -1.76. The van der Waals surface area contributed by atoms with Crippen LogP contribution in [0.25, 0.3) is 0 Å². The third-order valence-electron chi connectivity index (χ3n) is 1.32. The van der Waals surface area contributed by atoms with Crippen LogP contribution in [0.1, 0.15) is 6.42 Å². The van der Waals surface area contributed by atoms with Crippen LogP contribution < -0.4 is 0 Å². The van der Waals surface area contributed by atoms with Gasteiger partial charge in [0, 0.05) is 12.0 Å². The van der Waals surface area contributed by atoms with Crippen LogP contribution in [0.15, 0.2) is 23.8 Å². The molecule has 0 spiro atoms. The van der Waals surface area contributed by atoms with Gasteiger partial charge in [0.1, 0.15) is 6.29 Å². The van der Waals surface area contributed by atoms with E-state index < -0.39 is 5.79 Å². The van der Waals surface area contributed by atoms with Crippen LogP contribution >= 0.6 is 0 Å². The highest BCUT2D eigenvalue weighted by atomic mass is 16.5. The molecule has 0 saturated heterocycles. The summed E-state index contributed by atoms with van der Waals surface area (Å²) in [5, 5.41) is 17.8. The molecular weight excluding hydrogens is 132 g/mol. The van der Waals surface area contributed by atoms with Crippen molar-refractivity contribution in [1.29, 1.82) is 0 Å². The van der Waals surface area contributed by atoms with Gasteiger partial charge in [0.05, 0.1) is 0 Å². The molecule has 0 aromatic carbocycles. The lowest BCUT2D eigenvalue weighted by Crippen LogP contribution is -2.25. The van der Waals surface area contributed by atoms with E-state index in [0.29, 0.717) is 11.9 Å². The molecule has 0 heterocycles. The topological polar surface area (TPSA) is 57.5 Å². The average molecular weight is 140 g/mol. The van der Waals surface area contributed by atoms with Crippen LogP contribution in [-0.4, -0.2) is 22.3 Å². The number of carbonyl (C=O) groups is 1. The molecule has 10 heavy (non-hydrogen) atoms. The average Bonchev–Trinajstić information content (AvgIpc) is 1.88. The van der Waals surface area contributed by atoms with Gasteiger partial charge < -0.3 is 10.2 Å². The summed E-state index contributed by atoms with van der Waals surface area (Å²) in [5.41, 5.74) is 0.485. The molecule has 1 rings (SSSR count). The zero-order chi connectivity index (χ0) is 7.61. The van der Waals surface area contributed by atoms with E-state index in [4.69, 9.17) is 10.2 Å². The van der Waals surface area contributed by atoms with Gasteiger partial charge in [-0.2, -0.15) is 0 Å². The predicted molar refractivity (Wildman–Crippen MR) is 35.1 cm³/mol. The monoisotopic (exact) mass is 140 g/mol. The van der Waals surface area contributed by atoms with E-state index in [0.717, 1.165) is 0 Å². The summed E-state index contributed by atoms with van der Waals surface area (Å²) in [7, 11) is 0. The quantitative estimate of drug-likeness (QED) is 0.390. The summed E-state index contributed by atoms with van der Waals surface area (Å²) in [5.74, 6) is -1.76. The van der Waals surface area contributed by atoms with Gasteiger partial charge in [-0.05, 0) is 6.08 Å². The fourth-order valence-corrected chi connectivity index (χ4v) is 0.721. The van der Waals surface area contributed by atoms with Crippen LogP contribution in [-0.2, 0) is 4.79 Å². The first-order valence-electron chi connectivity index (χ1n) is 2.93. The number of aliphatic hydroxyl groups is 2. The van der Waals surface area contributed by atoms with Crippen molar-refractivity contribution in [3.8, 4) is 0 Å². The summed E-state index contributed by atoms with van der Waals surface area (Å²) in [4.78, 5) is 10.1. The molecule has 0 amide bonds. The maximum atomic E-state index is 10.1. The number of allylic oxidation sites excluding steroid dienone is 2. The molecule has 0 fully saturated rings. The lowest BCUT2D eigenvalue weighted by atomic mass is 10.0. The molecule has 3 heteroatoms. The highest BCUT2D eigenvalue weighted by Crippen LogP contribution is 2.16. The van der Waals surface area contributed by atoms with Crippen molar-refractivity contribution in [2.45, 2.75) is 12.2 Å². The lowest BCUT2D eigenvalue weighted by molar-refractivity contribution is -0.115. The van der Waals surface area contributed by atoms with Gasteiger partial charge >= 0.3 is 0 Å². The maximum absolute atomic E-state index is 10.1. The van der Waals surface area contributed by atoms with Crippen molar-refractivity contribution >= 4 is 6.29 Å². The second-order valence-corrected chi connectivity index (χ2v) is 2.24. The lowest BCUT2D eigenvalue weighted by Gasteiger charge is -2.17. The maximum Gasteiger partial charge on any atom is 0.186 e. The zero-order valence-electron chi connectivity index (χ0n) is 5.32. The Morgan fingerprint density at radius 2 is 2.30 bits per heavy atom. The van der Waals surface area contributed by atoms with E-state index in [1.54, 1.807) is 0 Å². The molecule has 1 aliphatic carbocycles. The van der Waals surface area contributed by atoms with Gasteiger partial charge in [0.15, 0.2) is 5.79 Å². The molecule has 0 bridgehead atoms. The Labute approximate surface area is 58.3 Å². The second kappa shape index (κ2) is 2.36. The van der Waals surface area contributed by atoms with Crippen molar-refractivity contribution in [2.75, 3.05) is 0 Å². The molecule has 2 N–H and O–H groups in total. The first kappa shape index (κ1) is 7.18. The van der Waals surface area contributed by atoms with E-state index in [1.165, 1.54) is 18.2 Å². The Bertz CT molecular complexity index is 201. The van der Waals surface area contributed by atoms with Crippen LogP contribution in [0, 0.1) is 0 Å². The van der Waals surface area contributed by atoms with Crippen LogP contribution in [0.4, 0.5) is 0 Å². The van der Waals surface area contributed by atoms with Gasteiger partial charge in [-0.1, -0.05) is 12.2 Å². The van der Waals surface area contributed by atoms with Crippen molar-refractivity contribution in [3.05, 3.63) is 23.8 Å². The van der Waals surface area contributed by atoms with Gasteiger partial charge in [0.2, 0.25) is 0 Å². The standard InChI is InChI=1S/C7H8O3/c8-5-6-1-3-7(9,10)4-2-6/h1-3,5,9-10H,4H2. The van der Waals surface area contributed by atoms with E-state index >= 15 is 0 Å². The Morgan fingerprint density at radius 3 is 2.70 bits per heavy atom. The van der Waals surface area contributed by atoms with Gasteiger partial charge in [-0.3, -0.25) is 4.79 Å². The fraction of sp³-hybridized carbons (Fsp3) is 0.286. The van der Waals surface area contributed by atoms with Gasteiger partial charge in [0.25, 0.3) is 0 Å². The Kier molecular flexibility index (Phi) is 1.70. The van der Waals surface area contributed by atoms with Crippen molar-refractivity contribution in [2.24, 2.45) is 0 Å². The van der Waals surface area contributed by atoms with E-state index in [9.17, 15) is 4.79 Å². The van der Waals surface area contributed by atoms with Crippen molar-refractivity contribution in [1.82, 2.24) is 0 Å². The van der Waals surface area contributed by atoms with Crippen molar-refractivity contribution in [3.63, 3.8) is 0 Å². The highest BCUT2D eigenvalue weighted by Gasteiger charge is 2.19. The Morgan fingerprint density at radius 1 is 1.60 bits per heavy atom. The normalized spacial score (nSPS) is 22.0. The molecule has 3 nitrogen and oxygen atoms in total. The van der Waals surface area contributed by atoms with E-state index in [1.807, 2.05) is 0 Å². The first-order valence-corrected chi connectivity index (χ1v) is 2.93. The molecular formula is C7H8O3. The largest absolute Gasteiger partial charge is 0.362 e. The minimum Gasteiger partial charge on any atom is -0.362 e. The molecule has 0 radical (unpaired) electrons. The molecule has 0 unspecified atom stereocenters. The Balaban J connectivity index is 2.72. The predicted octanol–water partition coefficient (Wildman–Crippen LogP) is -0.248. The molecule has 1 aliphatic rings. The summed E-state index contributed by atoms with van der Waals surface area (Å²) in [6.45, 7) is 0. The first-order chi connectivity index (χ1) is 4.64. The van der Waals surface area contributed by atoms with E-state index in [2.05, 4.69) is 0 Å². The Hall–Kier alpha value is -0.930. The summed E-state index contributed by atoms with van der Waals surface area (Å²) < 4.78 is 0. The zero-order valence-corrected chi connectivity index (χ0v) is 5.32. The molecule has 54 valence electrons. The second-order valence-electron chi connectivity index (χ2n) is 2.24. The van der Waals surface area contributed by atoms with Crippen LogP contribution in [0.5, 0.6) is 0 Å². The molecule has 0 saturated carbocycles. The highest BCUT2D eigenvalue weighted by molar-refractivity contribution is 5.77. The number of hydrogen-bond acceptors (Lipinski definition) is 3. The number of hydrogen-bond donors (Lipinski definition) is 2. The number of carbonyl (C=O) groups excluding carboxylic acids is 1. The van der Waals surface area contributed by atoms with Gasteiger partial charge in [-0.25, -0.2) is 0 Å². The minimum absolute atomic E-state index is 0.0809. The third kappa shape index (κ3) is 1.52. The van der Waals surface area contributed by atoms with Crippen LogP contribution in [0.2, 0.25) is 0 Å². The number of aldehydes is 1. The summed E-state index contributed by atoms with van der Waals surface area (Å²) in [6, 6.07) is 0. The van der Waals surface area contributed by atoms with Gasteiger partial charge in [-0.15, -0.1) is 0 Å². The van der Waals surface area contributed by atoms with Crippen molar-refractivity contribution < 1.29 is 15.0 Å².